The lowest BCUT2D eigenvalue weighted by atomic mass is 9.85. The third kappa shape index (κ3) is 4.76. The number of nitrogens with one attached hydrogen (secondary N) is 2. The van der Waals surface area contributed by atoms with Crippen molar-refractivity contribution in [3.8, 4) is 5.69 Å². The minimum atomic E-state index is -0.787. The maximum atomic E-state index is 12.5. The van der Waals surface area contributed by atoms with Gasteiger partial charge in [-0.2, -0.15) is 5.10 Å². The van der Waals surface area contributed by atoms with Gasteiger partial charge in [0, 0.05) is 30.5 Å². The molecule has 3 N–H and O–H groups in total. The number of amides is 2. The number of anilines is 1. The summed E-state index contributed by atoms with van der Waals surface area (Å²) in [4.78, 5) is 25.7. The Morgan fingerprint density at radius 1 is 1.24 bits per heavy atom. The molecule has 154 valence electrons. The molecular weight excluding hydrogens is 370 g/mol. The minimum Gasteiger partial charge on any atom is -0.480 e. The fourth-order valence-corrected chi connectivity index (χ4v) is 3.88. The van der Waals surface area contributed by atoms with Crippen molar-refractivity contribution in [2.45, 2.75) is 44.7 Å². The number of carbonyl (C=O) groups excluding carboxylic acids is 1. The number of benzene rings is 1. The average molecular weight is 397 g/mol. The topological polar surface area (TPSA) is 99.5 Å². The van der Waals surface area contributed by atoms with Crippen LogP contribution in [0.15, 0.2) is 36.5 Å². The molecule has 8 nitrogen and oxygen atoms in total. The molecule has 1 aromatic heterocycles. The SMILES string of the molecule is Cc1ccnn1-c1ccccc1NC(=O)NC1CC(N(CC(=O)O)CC2CC2)C1. The molecule has 1 heterocycles. The number of aliphatic carboxylic acids is 1. The van der Waals surface area contributed by atoms with Crippen molar-refractivity contribution in [1.82, 2.24) is 20.0 Å². The van der Waals surface area contributed by atoms with E-state index in [-0.39, 0.29) is 24.7 Å². The van der Waals surface area contributed by atoms with Crippen LogP contribution in [0, 0.1) is 12.8 Å². The highest BCUT2D eigenvalue weighted by atomic mass is 16.4. The summed E-state index contributed by atoms with van der Waals surface area (Å²) in [5.41, 5.74) is 2.48. The highest BCUT2D eigenvalue weighted by Crippen LogP contribution is 2.33. The largest absolute Gasteiger partial charge is 0.480 e. The number of rotatable bonds is 8. The van der Waals surface area contributed by atoms with Crippen LogP contribution >= 0.6 is 0 Å². The Bertz CT molecular complexity index is 886. The summed E-state index contributed by atoms with van der Waals surface area (Å²) in [6.45, 7) is 2.89. The Hall–Kier alpha value is -2.87. The highest BCUT2D eigenvalue weighted by molar-refractivity contribution is 5.91. The van der Waals surface area contributed by atoms with Crippen molar-refractivity contribution in [1.29, 1.82) is 0 Å². The molecule has 2 saturated carbocycles. The van der Waals surface area contributed by atoms with E-state index in [4.69, 9.17) is 5.11 Å². The molecule has 2 amide bonds. The normalized spacial score (nSPS) is 20.9. The van der Waals surface area contributed by atoms with Crippen molar-refractivity contribution in [2.24, 2.45) is 5.92 Å². The van der Waals surface area contributed by atoms with Gasteiger partial charge in [0.25, 0.3) is 0 Å². The summed E-state index contributed by atoms with van der Waals surface area (Å²) in [5.74, 6) is -0.141. The number of carboxylic acid groups (broad SMARTS) is 1. The molecule has 1 aromatic carbocycles. The van der Waals surface area contributed by atoms with E-state index in [0.717, 1.165) is 30.8 Å². The molecule has 0 unspecified atom stereocenters. The Morgan fingerprint density at radius 2 is 2.00 bits per heavy atom. The zero-order valence-electron chi connectivity index (χ0n) is 16.5. The lowest BCUT2D eigenvalue weighted by Gasteiger charge is -2.42. The van der Waals surface area contributed by atoms with E-state index in [0.29, 0.717) is 11.6 Å². The monoisotopic (exact) mass is 397 g/mol. The maximum absolute atomic E-state index is 12.5. The maximum Gasteiger partial charge on any atom is 0.319 e. The zero-order valence-corrected chi connectivity index (χ0v) is 16.5. The summed E-state index contributed by atoms with van der Waals surface area (Å²) in [6.07, 6.45) is 5.69. The van der Waals surface area contributed by atoms with Gasteiger partial charge >= 0.3 is 12.0 Å². The first-order chi connectivity index (χ1) is 14.0. The van der Waals surface area contributed by atoms with Gasteiger partial charge in [-0.15, -0.1) is 0 Å². The number of carbonyl (C=O) groups is 2. The highest BCUT2D eigenvalue weighted by Gasteiger charge is 2.37. The molecule has 0 spiro atoms. The van der Waals surface area contributed by atoms with Crippen LogP contribution in [0.5, 0.6) is 0 Å². The standard InChI is InChI=1S/C21H27N5O3/c1-14-8-9-22-26(14)19-5-3-2-4-18(19)24-21(29)23-16-10-17(11-16)25(13-20(27)28)12-15-6-7-15/h2-5,8-9,15-17H,6-7,10-13H2,1H3,(H,27,28)(H2,23,24,29). The predicted molar refractivity (Wildman–Crippen MR) is 109 cm³/mol. The van der Waals surface area contributed by atoms with E-state index < -0.39 is 5.97 Å². The molecule has 8 heteroatoms. The lowest BCUT2D eigenvalue weighted by Crippen LogP contribution is -2.55. The van der Waals surface area contributed by atoms with Gasteiger partial charge in [0.1, 0.15) is 0 Å². The minimum absolute atomic E-state index is 0.0640. The van der Waals surface area contributed by atoms with Gasteiger partial charge < -0.3 is 15.7 Å². The molecule has 4 rings (SSSR count). The van der Waals surface area contributed by atoms with Crippen LogP contribution < -0.4 is 10.6 Å². The first kappa shape index (κ1) is 19.4. The molecule has 2 aromatic rings. The fraction of sp³-hybridized carbons (Fsp3) is 0.476. The van der Waals surface area contributed by atoms with E-state index >= 15 is 0 Å². The second-order valence-corrected chi connectivity index (χ2v) is 8.09. The summed E-state index contributed by atoms with van der Waals surface area (Å²) in [6, 6.07) is 9.50. The Labute approximate surface area is 169 Å². The van der Waals surface area contributed by atoms with Crippen molar-refractivity contribution >= 4 is 17.7 Å². The number of aromatic nitrogens is 2. The van der Waals surface area contributed by atoms with Crippen LogP contribution in [0.3, 0.4) is 0 Å². The lowest BCUT2D eigenvalue weighted by molar-refractivity contribution is -0.139. The second kappa shape index (κ2) is 8.24. The Kier molecular flexibility index (Phi) is 5.53. The molecule has 2 aliphatic carbocycles. The summed E-state index contributed by atoms with van der Waals surface area (Å²) in [5, 5.41) is 19.4. The van der Waals surface area contributed by atoms with E-state index in [1.165, 1.54) is 12.8 Å². The van der Waals surface area contributed by atoms with Gasteiger partial charge in [0.15, 0.2) is 0 Å². The van der Waals surface area contributed by atoms with E-state index in [1.54, 1.807) is 10.9 Å². The molecule has 0 bridgehead atoms. The number of aryl methyl sites for hydroxylation is 1. The number of hydrogen-bond acceptors (Lipinski definition) is 4. The smallest absolute Gasteiger partial charge is 0.319 e. The predicted octanol–water partition coefficient (Wildman–Crippen LogP) is 2.63. The Morgan fingerprint density at radius 3 is 2.66 bits per heavy atom. The van der Waals surface area contributed by atoms with Crippen molar-refractivity contribution in [3.63, 3.8) is 0 Å². The molecule has 2 aliphatic rings. The molecule has 0 atom stereocenters. The quantitative estimate of drug-likeness (QED) is 0.636. The second-order valence-electron chi connectivity index (χ2n) is 8.09. The van der Waals surface area contributed by atoms with Crippen molar-refractivity contribution in [2.75, 3.05) is 18.4 Å². The van der Waals surface area contributed by atoms with Crippen LogP contribution in [0.4, 0.5) is 10.5 Å². The molecule has 0 radical (unpaired) electrons. The van der Waals surface area contributed by atoms with Crippen LogP contribution in [0.25, 0.3) is 5.69 Å². The number of carboxylic acids is 1. The number of urea groups is 1. The van der Waals surface area contributed by atoms with Gasteiger partial charge in [0.05, 0.1) is 17.9 Å². The van der Waals surface area contributed by atoms with Crippen LogP contribution in [0.1, 0.15) is 31.4 Å². The van der Waals surface area contributed by atoms with Gasteiger partial charge in [0.2, 0.25) is 0 Å². The average Bonchev–Trinajstić information content (AvgIpc) is 3.35. The third-order valence-electron chi connectivity index (χ3n) is 5.71. The van der Waals surface area contributed by atoms with Gasteiger partial charge in [-0.3, -0.25) is 9.69 Å². The van der Waals surface area contributed by atoms with E-state index in [1.807, 2.05) is 37.3 Å². The van der Waals surface area contributed by atoms with Crippen LogP contribution in [-0.4, -0.2) is 57.0 Å². The zero-order chi connectivity index (χ0) is 20.4. The number of hydrogen-bond donors (Lipinski definition) is 3. The summed E-state index contributed by atoms with van der Waals surface area (Å²) >= 11 is 0. The first-order valence-electron chi connectivity index (χ1n) is 10.1. The molecule has 29 heavy (non-hydrogen) atoms. The van der Waals surface area contributed by atoms with E-state index in [9.17, 15) is 9.59 Å². The summed E-state index contributed by atoms with van der Waals surface area (Å²) < 4.78 is 1.79. The Balaban J connectivity index is 1.31. The molecule has 0 saturated heterocycles. The molecule has 2 fully saturated rings. The first-order valence-corrected chi connectivity index (χ1v) is 10.1. The van der Waals surface area contributed by atoms with Crippen LogP contribution in [0.2, 0.25) is 0 Å². The molecular formula is C21H27N5O3. The van der Waals surface area contributed by atoms with Gasteiger partial charge in [-0.1, -0.05) is 12.1 Å². The van der Waals surface area contributed by atoms with Crippen molar-refractivity contribution < 1.29 is 14.7 Å². The molecule has 0 aliphatic heterocycles. The summed E-state index contributed by atoms with van der Waals surface area (Å²) in [7, 11) is 0. The fourth-order valence-electron chi connectivity index (χ4n) is 3.88. The third-order valence-corrected chi connectivity index (χ3v) is 5.71. The number of nitrogens with zero attached hydrogens (tertiary/aromatic N) is 3. The van der Waals surface area contributed by atoms with Crippen molar-refractivity contribution in [3.05, 3.63) is 42.2 Å². The van der Waals surface area contributed by atoms with E-state index in [2.05, 4.69) is 20.6 Å². The van der Waals surface area contributed by atoms with Gasteiger partial charge in [-0.05, 0) is 56.7 Å². The number of para-hydroxylation sites is 2. The van der Waals surface area contributed by atoms with Gasteiger partial charge in [-0.25, -0.2) is 9.48 Å². The van der Waals surface area contributed by atoms with Crippen LogP contribution in [-0.2, 0) is 4.79 Å².